The van der Waals surface area contributed by atoms with Gasteiger partial charge in [-0.05, 0) is 42.2 Å². The Kier molecular flexibility index (Phi) is 4.41. The van der Waals surface area contributed by atoms with Crippen LogP contribution in [0.15, 0.2) is 42.5 Å². The second-order valence-electron chi connectivity index (χ2n) is 4.81. The van der Waals surface area contributed by atoms with E-state index in [1.165, 1.54) is 11.1 Å². The third kappa shape index (κ3) is 3.18. The standard InChI is InChI=1S/C17H19NO2/c1-3-13-7-9-14(10-8-13)11-18-16-6-4-5-15(12(16)2)17(19)20/h4-10,18H,3,11H2,1-2H3,(H,19,20). The van der Waals surface area contributed by atoms with Crippen LogP contribution in [0.4, 0.5) is 5.69 Å². The molecule has 0 saturated heterocycles. The summed E-state index contributed by atoms with van der Waals surface area (Å²) >= 11 is 0. The van der Waals surface area contributed by atoms with Crippen LogP contribution in [0.1, 0.15) is 34.0 Å². The molecule has 2 aromatic rings. The zero-order chi connectivity index (χ0) is 14.5. The molecule has 0 heterocycles. The van der Waals surface area contributed by atoms with Crippen molar-refractivity contribution in [1.29, 1.82) is 0 Å². The first-order valence-electron chi connectivity index (χ1n) is 6.76. The fourth-order valence-corrected chi connectivity index (χ4v) is 2.15. The Labute approximate surface area is 119 Å². The van der Waals surface area contributed by atoms with Crippen molar-refractivity contribution in [2.24, 2.45) is 0 Å². The average molecular weight is 269 g/mol. The topological polar surface area (TPSA) is 49.3 Å². The highest BCUT2D eigenvalue weighted by Gasteiger charge is 2.09. The molecule has 2 N–H and O–H groups in total. The molecule has 3 heteroatoms. The number of hydrogen-bond donors (Lipinski definition) is 2. The summed E-state index contributed by atoms with van der Waals surface area (Å²) in [5.74, 6) is -0.890. The molecule has 0 unspecified atom stereocenters. The van der Waals surface area contributed by atoms with Crippen molar-refractivity contribution in [3.8, 4) is 0 Å². The van der Waals surface area contributed by atoms with Gasteiger partial charge < -0.3 is 10.4 Å². The van der Waals surface area contributed by atoms with E-state index in [0.29, 0.717) is 12.1 Å². The number of anilines is 1. The van der Waals surface area contributed by atoms with E-state index in [1.807, 2.05) is 13.0 Å². The molecule has 0 spiro atoms. The highest BCUT2D eigenvalue weighted by molar-refractivity contribution is 5.91. The lowest BCUT2D eigenvalue weighted by atomic mass is 10.1. The quantitative estimate of drug-likeness (QED) is 0.866. The summed E-state index contributed by atoms with van der Waals surface area (Å²) in [4.78, 5) is 11.1. The normalized spacial score (nSPS) is 10.3. The minimum absolute atomic E-state index is 0.344. The lowest BCUT2D eigenvalue weighted by Gasteiger charge is -2.11. The van der Waals surface area contributed by atoms with Crippen LogP contribution in [0, 0.1) is 6.92 Å². The van der Waals surface area contributed by atoms with E-state index in [9.17, 15) is 4.79 Å². The Balaban J connectivity index is 2.10. The Hall–Kier alpha value is -2.29. The monoisotopic (exact) mass is 269 g/mol. The van der Waals surface area contributed by atoms with Gasteiger partial charge in [0.2, 0.25) is 0 Å². The van der Waals surface area contributed by atoms with Crippen molar-refractivity contribution in [2.45, 2.75) is 26.8 Å². The van der Waals surface area contributed by atoms with E-state index in [0.717, 1.165) is 17.7 Å². The Morgan fingerprint density at radius 1 is 1.10 bits per heavy atom. The van der Waals surface area contributed by atoms with Gasteiger partial charge in [0.25, 0.3) is 0 Å². The zero-order valence-electron chi connectivity index (χ0n) is 11.8. The minimum Gasteiger partial charge on any atom is -0.478 e. The molecular weight excluding hydrogens is 250 g/mol. The summed E-state index contributed by atoms with van der Waals surface area (Å²) in [6.45, 7) is 4.65. The number of aryl methyl sites for hydroxylation is 1. The van der Waals surface area contributed by atoms with Gasteiger partial charge in [-0.15, -0.1) is 0 Å². The predicted octanol–water partition coefficient (Wildman–Crippen LogP) is 3.87. The summed E-state index contributed by atoms with van der Waals surface area (Å²) in [5.41, 5.74) is 4.48. The third-order valence-corrected chi connectivity index (χ3v) is 3.48. The maximum Gasteiger partial charge on any atom is 0.336 e. The van der Waals surface area contributed by atoms with Crippen molar-refractivity contribution >= 4 is 11.7 Å². The minimum atomic E-state index is -0.890. The highest BCUT2D eigenvalue weighted by Crippen LogP contribution is 2.19. The number of carboxylic acid groups (broad SMARTS) is 1. The molecule has 0 aliphatic rings. The number of hydrogen-bond acceptors (Lipinski definition) is 2. The van der Waals surface area contributed by atoms with Crippen LogP contribution in [0.5, 0.6) is 0 Å². The molecule has 104 valence electrons. The molecule has 0 saturated carbocycles. The molecule has 0 radical (unpaired) electrons. The van der Waals surface area contributed by atoms with Crippen LogP contribution in [-0.4, -0.2) is 11.1 Å². The van der Waals surface area contributed by atoms with Crippen LogP contribution in [-0.2, 0) is 13.0 Å². The second-order valence-corrected chi connectivity index (χ2v) is 4.81. The average Bonchev–Trinajstić information content (AvgIpc) is 2.46. The van der Waals surface area contributed by atoms with E-state index >= 15 is 0 Å². The number of benzene rings is 2. The number of nitrogens with one attached hydrogen (secondary N) is 1. The first-order valence-corrected chi connectivity index (χ1v) is 6.76. The molecule has 3 nitrogen and oxygen atoms in total. The van der Waals surface area contributed by atoms with Gasteiger partial charge >= 0.3 is 5.97 Å². The third-order valence-electron chi connectivity index (χ3n) is 3.48. The fraction of sp³-hybridized carbons (Fsp3) is 0.235. The van der Waals surface area contributed by atoms with Crippen LogP contribution < -0.4 is 5.32 Å². The summed E-state index contributed by atoms with van der Waals surface area (Å²) < 4.78 is 0. The van der Waals surface area contributed by atoms with E-state index in [4.69, 9.17) is 5.11 Å². The molecule has 0 atom stereocenters. The van der Waals surface area contributed by atoms with Crippen LogP contribution in [0.2, 0.25) is 0 Å². The lowest BCUT2D eigenvalue weighted by Crippen LogP contribution is -2.05. The summed E-state index contributed by atoms with van der Waals surface area (Å²) in [6.07, 6.45) is 1.04. The number of aromatic carboxylic acids is 1. The Morgan fingerprint density at radius 2 is 1.75 bits per heavy atom. The van der Waals surface area contributed by atoms with Crippen molar-refractivity contribution in [3.63, 3.8) is 0 Å². The Morgan fingerprint density at radius 3 is 2.35 bits per heavy atom. The molecule has 0 aromatic heterocycles. The zero-order valence-corrected chi connectivity index (χ0v) is 11.8. The van der Waals surface area contributed by atoms with Gasteiger partial charge in [-0.25, -0.2) is 4.79 Å². The van der Waals surface area contributed by atoms with Crippen LogP contribution >= 0.6 is 0 Å². The molecule has 0 aliphatic carbocycles. The first-order chi connectivity index (χ1) is 9.61. The summed E-state index contributed by atoms with van der Waals surface area (Å²) in [5, 5.41) is 12.4. The number of carbonyl (C=O) groups is 1. The van der Waals surface area contributed by atoms with Gasteiger partial charge in [0.15, 0.2) is 0 Å². The van der Waals surface area contributed by atoms with E-state index < -0.39 is 5.97 Å². The molecule has 2 aromatic carbocycles. The van der Waals surface area contributed by atoms with E-state index in [-0.39, 0.29) is 0 Å². The van der Waals surface area contributed by atoms with Crippen molar-refractivity contribution in [3.05, 3.63) is 64.7 Å². The molecule has 0 bridgehead atoms. The summed E-state index contributed by atoms with van der Waals surface area (Å²) in [7, 11) is 0. The maximum atomic E-state index is 11.1. The molecule has 0 amide bonds. The second kappa shape index (κ2) is 6.24. The molecule has 2 rings (SSSR count). The molecule has 20 heavy (non-hydrogen) atoms. The van der Waals surface area contributed by atoms with Crippen LogP contribution in [0.3, 0.4) is 0 Å². The smallest absolute Gasteiger partial charge is 0.336 e. The molecule has 0 aliphatic heterocycles. The SMILES string of the molecule is CCc1ccc(CNc2cccc(C(=O)O)c2C)cc1. The van der Waals surface area contributed by atoms with E-state index in [1.54, 1.807) is 12.1 Å². The van der Waals surface area contributed by atoms with Crippen LogP contribution in [0.25, 0.3) is 0 Å². The van der Waals surface area contributed by atoms with Gasteiger partial charge in [-0.2, -0.15) is 0 Å². The lowest BCUT2D eigenvalue weighted by molar-refractivity contribution is 0.0696. The van der Waals surface area contributed by atoms with Crippen molar-refractivity contribution < 1.29 is 9.90 Å². The Bertz CT molecular complexity index is 603. The highest BCUT2D eigenvalue weighted by atomic mass is 16.4. The van der Waals surface area contributed by atoms with Gasteiger partial charge in [0, 0.05) is 12.2 Å². The van der Waals surface area contributed by atoms with Crippen molar-refractivity contribution in [2.75, 3.05) is 5.32 Å². The molecular formula is C17H19NO2. The van der Waals surface area contributed by atoms with E-state index in [2.05, 4.69) is 36.5 Å². The van der Waals surface area contributed by atoms with Gasteiger partial charge in [0.1, 0.15) is 0 Å². The fourth-order valence-electron chi connectivity index (χ4n) is 2.15. The largest absolute Gasteiger partial charge is 0.478 e. The van der Waals surface area contributed by atoms with Gasteiger partial charge in [0.05, 0.1) is 5.56 Å². The number of carboxylic acids is 1. The first kappa shape index (κ1) is 14.1. The van der Waals surface area contributed by atoms with Gasteiger partial charge in [-0.3, -0.25) is 0 Å². The van der Waals surface area contributed by atoms with Crippen molar-refractivity contribution in [1.82, 2.24) is 0 Å². The predicted molar refractivity (Wildman–Crippen MR) is 81.3 cm³/mol. The number of rotatable bonds is 5. The molecule has 0 fully saturated rings. The van der Waals surface area contributed by atoms with Gasteiger partial charge in [-0.1, -0.05) is 37.3 Å². The maximum absolute atomic E-state index is 11.1. The summed E-state index contributed by atoms with van der Waals surface area (Å²) in [6, 6.07) is 13.7.